The van der Waals surface area contributed by atoms with Crippen LogP contribution in [0, 0.1) is 0 Å². The minimum absolute atomic E-state index is 0.493. The molecular weight excluding hydrogens is 150 g/mol. The van der Waals surface area contributed by atoms with Gasteiger partial charge >= 0.3 is 0 Å². The van der Waals surface area contributed by atoms with Gasteiger partial charge in [0, 0.05) is 11.8 Å². The van der Waals surface area contributed by atoms with Crippen LogP contribution in [-0.4, -0.2) is 13.0 Å². The average Bonchev–Trinajstić information content (AvgIpc) is 2.11. The first-order valence-electron chi connectivity index (χ1n) is 3.35. The fourth-order valence-corrected chi connectivity index (χ4v) is 0.533. The van der Waals surface area contributed by atoms with E-state index < -0.39 is 0 Å². The molecule has 0 saturated heterocycles. The van der Waals surface area contributed by atoms with Crippen LogP contribution in [0.4, 0.5) is 0 Å². The van der Waals surface area contributed by atoms with Crippen molar-refractivity contribution >= 4 is 13.0 Å². The van der Waals surface area contributed by atoms with Gasteiger partial charge in [0.05, 0.1) is 0 Å². The normalized spacial score (nSPS) is 11.2. The van der Waals surface area contributed by atoms with E-state index in [1.54, 1.807) is 18.2 Å². The zero-order valence-corrected chi connectivity index (χ0v) is 6.86. The fourth-order valence-electron chi connectivity index (χ4n) is 0.533. The number of carbonyl (C=O) groups excluding carboxylic acids is 1. The molecule has 0 saturated carbocycles. The summed E-state index contributed by atoms with van der Waals surface area (Å²) in [6.07, 6.45) is 6.89. The van der Waals surface area contributed by atoms with Gasteiger partial charge in [0.25, 0.3) is 0 Å². The predicted molar refractivity (Wildman–Crippen MR) is 52.2 cm³/mol. The lowest BCUT2D eigenvalue weighted by Gasteiger charge is -1.89. The molecule has 0 aliphatic heterocycles. The predicted octanol–water partition coefficient (Wildman–Crippen LogP) is 2.07. The van der Waals surface area contributed by atoms with Crippen molar-refractivity contribution in [3.8, 4) is 0 Å². The van der Waals surface area contributed by atoms with Gasteiger partial charge in [-0.1, -0.05) is 19.2 Å². The van der Waals surface area contributed by atoms with Gasteiger partial charge in [-0.2, -0.15) is 0 Å². The number of nitrogens with zero attached hydrogens (tertiary/aromatic N) is 1. The number of hydrogen-bond acceptors (Lipinski definition) is 2. The van der Waals surface area contributed by atoms with Crippen LogP contribution in [0.25, 0.3) is 0 Å². The van der Waals surface area contributed by atoms with E-state index in [2.05, 4.69) is 24.9 Å². The Labute approximate surface area is 72.3 Å². The van der Waals surface area contributed by atoms with Gasteiger partial charge in [-0.25, -0.2) is 0 Å². The lowest BCUT2D eigenvalue weighted by Crippen LogP contribution is -1.79. The second-order valence-corrected chi connectivity index (χ2v) is 2.04. The summed E-state index contributed by atoms with van der Waals surface area (Å²) in [6.45, 7) is 10.4. The number of rotatable bonds is 5. The number of hydrogen-bond donors (Lipinski definition) is 0. The van der Waals surface area contributed by atoms with Crippen molar-refractivity contribution < 1.29 is 4.79 Å². The smallest absolute Gasteiger partial charge is 0.150 e. The Kier molecular flexibility index (Phi) is 5.18. The zero-order chi connectivity index (χ0) is 9.40. The summed E-state index contributed by atoms with van der Waals surface area (Å²) < 4.78 is 0. The summed E-state index contributed by atoms with van der Waals surface area (Å²) in [6, 6.07) is 0. The minimum atomic E-state index is 0.493. The maximum atomic E-state index is 10.4. The highest BCUT2D eigenvalue weighted by Gasteiger charge is 1.87. The van der Waals surface area contributed by atoms with Gasteiger partial charge in [-0.3, -0.25) is 9.79 Å². The monoisotopic (exact) mass is 161 g/mol. The zero-order valence-electron chi connectivity index (χ0n) is 6.86. The molecular formula is C10H11NO. The van der Waals surface area contributed by atoms with Gasteiger partial charge in [-0.05, 0) is 24.4 Å². The molecule has 0 spiro atoms. The van der Waals surface area contributed by atoms with E-state index in [1.807, 2.05) is 0 Å². The summed E-state index contributed by atoms with van der Waals surface area (Å²) in [4.78, 5) is 13.9. The highest BCUT2D eigenvalue weighted by molar-refractivity contribution is 5.78. The van der Waals surface area contributed by atoms with Gasteiger partial charge in [0.1, 0.15) is 6.29 Å². The average molecular weight is 161 g/mol. The van der Waals surface area contributed by atoms with Gasteiger partial charge in [-0.15, -0.1) is 0 Å². The minimum Gasteiger partial charge on any atom is -0.298 e. The van der Waals surface area contributed by atoms with Gasteiger partial charge in [0.15, 0.2) is 0 Å². The molecule has 0 N–H and O–H groups in total. The molecule has 0 aliphatic carbocycles. The molecule has 12 heavy (non-hydrogen) atoms. The molecule has 0 rings (SSSR count). The molecule has 0 aromatic rings. The van der Waals surface area contributed by atoms with Crippen molar-refractivity contribution in [2.24, 2.45) is 4.99 Å². The molecule has 0 bridgehead atoms. The van der Waals surface area contributed by atoms with E-state index in [4.69, 9.17) is 0 Å². The summed E-state index contributed by atoms with van der Waals surface area (Å²) in [5, 5.41) is 0. The van der Waals surface area contributed by atoms with Crippen molar-refractivity contribution in [3.63, 3.8) is 0 Å². The highest BCUT2D eigenvalue weighted by atomic mass is 16.1. The number of aliphatic imine (C=N–C) groups is 1. The van der Waals surface area contributed by atoms with Crippen molar-refractivity contribution in [2.75, 3.05) is 0 Å². The quantitative estimate of drug-likeness (QED) is 0.262. The summed E-state index contributed by atoms with van der Waals surface area (Å²) in [5.74, 6) is 0. The second-order valence-electron chi connectivity index (χ2n) is 2.04. The molecule has 0 amide bonds. The SMILES string of the molecule is C=CC(=C)/C=C(C=O)\C=C/N=C. The maximum Gasteiger partial charge on any atom is 0.150 e. The molecule has 0 unspecified atom stereocenters. The first-order valence-corrected chi connectivity index (χ1v) is 3.35. The van der Waals surface area contributed by atoms with Crippen LogP contribution < -0.4 is 0 Å². The van der Waals surface area contributed by atoms with E-state index in [0.717, 1.165) is 6.29 Å². The van der Waals surface area contributed by atoms with Crippen LogP contribution >= 0.6 is 0 Å². The molecule has 0 aromatic carbocycles. The molecule has 0 heterocycles. The fraction of sp³-hybridized carbons (Fsp3) is 0. The Bertz CT molecular complexity index is 259. The molecule has 0 aliphatic rings. The summed E-state index contributed by atoms with van der Waals surface area (Å²) in [7, 11) is 0. The van der Waals surface area contributed by atoms with Crippen LogP contribution in [0.1, 0.15) is 0 Å². The summed E-state index contributed by atoms with van der Waals surface area (Å²) in [5.41, 5.74) is 1.18. The van der Waals surface area contributed by atoms with Crippen molar-refractivity contribution in [1.82, 2.24) is 0 Å². The van der Waals surface area contributed by atoms with E-state index in [-0.39, 0.29) is 0 Å². The molecule has 2 nitrogen and oxygen atoms in total. The third-order valence-electron chi connectivity index (χ3n) is 1.12. The molecule has 0 fully saturated rings. The number of carbonyl (C=O) groups is 1. The van der Waals surface area contributed by atoms with E-state index in [1.165, 1.54) is 6.20 Å². The number of aldehydes is 1. The van der Waals surface area contributed by atoms with Crippen LogP contribution in [0.15, 0.2) is 53.7 Å². The molecule has 0 aromatic heterocycles. The lowest BCUT2D eigenvalue weighted by atomic mass is 10.2. The Morgan fingerprint density at radius 1 is 1.42 bits per heavy atom. The topological polar surface area (TPSA) is 29.4 Å². The van der Waals surface area contributed by atoms with Crippen LogP contribution in [-0.2, 0) is 4.79 Å². The standard InChI is InChI=1S/C10H11NO/c1-4-9(2)7-10(8-12)5-6-11-3/h4-8H,1-3H2/b6-5-,10-7+. The van der Waals surface area contributed by atoms with Crippen LogP contribution in [0.3, 0.4) is 0 Å². The van der Waals surface area contributed by atoms with Crippen LogP contribution in [0.5, 0.6) is 0 Å². The van der Waals surface area contributed by atoms with Crippen molar-refractivity contribution in [3.05, 3.63) is 48.7 Å². The van der Waals surface area contributed by atoms with Gasteiger partial charge in [0.2, 0.25) is 0 Å². The molecule has 2 heteroatoms. The third kappa shape index (κ3) is 4.17. The Balaban J connectivity index is 4.52. The third-order valence-corrected chi connectivity index (χ3v) is 1.12. The largest absolute Gasteiger partial charge is 0.298 e. The van der Waals surface area contributed by atoms with Crippen molar-refractivity contribution in [1.29, 1.82) is 0 Å². The van der Waals surface area contributed by atoms with Crippen molar-refractivity contribution in [2.45, 2.75) is 0 Å². The molecule has 62 valence electrons. The summed E-state index contributed by atoms with van der Waals surface area (Å²) >= 11 is 0. The molecule has 0 atom stereocenters. The lowest BCUT2D eigenvalue weighted by molar-refractivity contribution is -0.104. The highest BCUT2D eigenvalue weighted by Crippen LogP contribution is 2.00. The van der Waals surface area contributed by atoms with E-state index in [9.17, 15) is 4.79 Å². The second kappa shape index (κ2) is 6.04. The molecule has 0 radical (unpaired) electrons. The van der Waals surface area contributed by atoms with Gasteiger partial charge < -0.3 is 0 Å². The number of allylic oxidation sites excluding steroid dienone is 5. The maximum absolute atomic E-state index is 10.4. The van der Waals surface area contributed by atoms with E-state index in [0.29, 0.717) is 11.1 Å². The van der Waals surface area contributed by atoms with Crippen LogP contribution in [0.2, 0.25) is 0 Å². The first kappa shape index (κ1) is 10.3. The Morgan fingerprint density at radius 3 is 2.50 bits per heavy atom. The van der Waals surface area contributed by atoms with E-state index >= 15 is 0 Å². The Morgan fingerprint density at radius 2 is 2.08 bits per heavy atom. The first-order chi connectivity index (χ1) is 5.74. The Hall–Kier alpha value is -1.70.